The van der Waals surface area contributed by atoms with Crippen molar-refractivity contribution < 1.29 is 17.9 Å². The summed E-state index contributed by atoms with van der Waals surface area (Å²) in [4.78, 5) is 11.6. The van der Waals surface area contributed by atoms with Gasteiger partial charge >= 0.3 is 5.97 Å². The van der Waals surface area contributed by atoms with Crippen LogP contribution in [0.25, 0.3) is 0 Å². The molecule has 0 atom stereocenters. The Morgan fingerprint density at radius 2 is 1.72 bits per heavy atom. The zero-order valence-electron chi connectivity index (χ0n) is 13.9. The van der Waals surface area contributed by atoms with E-state index in [1.165, 1.54) is 11.4 Å². The highest BCUT2D eigenvalue weighted by atomic mass is 35.5. The van der Waals surface area contributed by atoms with Crippen molar-refractivity contribution >= 4 is 33.3 Å². The number of carbonyl (C=O) groups is 1. The van der Waals surface area contributed by atoms with E-state index >= 15 is 0 Å². The molecule has 25 heavy (non-hydrogen) atoms. The molecule has 134 valence electrons. The molecular formula is C18H20ClNO4S. The number of halogens is 1. The number of methoxy groups -OCH3 is 1. The summed E-state index contributed by atoms with van der Waals surface area (Å²) in [6, 6.07) is 15.3. The number of benzene rings is 2. The number of sulfonamides is 1. The molecular weight excluding hydrogens is 362 g/mol. The highest BCUT2D eigenvalue weighted by molar-refractivity contribution is 7.92. The third kappa shape index (κ3) is 4.96. The van der Waals surface area contributed by atoms with E-state index in [1.807, 2.05) is 0 Å². The van der Waals surface area contributed by atoms with Crippen molar-refractivity contribution in [3.05, 3.63) is 60.2 Å². The van der Waals surface area contributed by atoms with Crippen LogP contribution in [0.3, 0.4) is 0 Å². The molecule has 0 N–H and O–H groups in total. The number of hydrogen-bond donors (Lipinski definition) is 0. The van der Waals surface area contributed by atoms with Crippen LogP contribution in [-0.2, 0) is 26.0 Å². The lowest BCUT2D eigenvalue weighted by Crippen LogP contribution is -2.33. The molecule has 0 aliphatic rings. The van der Waals surface area contributed by atoms with E-state index in [1.54, 1.807) is 54.6 Å². The summed E-state index contributed by atoms with van der Waals surface area (Å²) in [6.45, 7) is 0.00243. The van der Waals surface area contributed by atoms with Gasteiger partial charge in [0.2, 0.25) is 0 Å². The molecule has 0 unspecified atom stereocenters. The maximum Gasteiger partial charge on any atom is 0.307 e. The molecule has 2 rings (SSSR count). The Morgan fingerprint density at radius 3 is 2.28 bits per heavy atom. The lowest BCUT2D eigenvalue weighted by molar-refractivity contribution is -0.140. The fourth-order valence-electron chi connectivity index (χ4n) is 2.34. The standard InChI is InChI=1S/C18H20ClNO4S/c1-24-18(21)12-14-20(16-5-3-2-4-6-16)25(22,23)17-9-7-15(8-10-17)11-13-19/h2-10H,11-14H2,1H3. The monoisotopic (exact) mass is 381 g/mol. The van der Waals surface area contributed by atoms with Gasteiger partial charge in [-0.1, -0.05) is 30.3 Å². The van der Waals surface area contributed by atoms with Crippen LogP contribution < -0.4 is 4.31 Å². The number of hydrogen-bond acceptors (Lipinski definition) is 4. The molecule has 0 aliphatic carbocycles. The highest BCUT2D eigenvalue weighted by Gasteiger charge is 2.25. The fourth-order valence-corrected chi connectivity index (χ4v) is 4.03. The maximum atomic E-state index is 13.1. The molecule has 0 aliphatic heterocycles. The summed E-state index contributed by atoms with van der Waals surface area (Å²) in [7, 11) is -2.52. The normalized spacial score (nSPS) is 11.1. The first-order chi connectivity index (χ1) is 12.0. The predicted molar refractivity (Wildman–Crippen MR) is 98.5 cm³/mol. The van der Waals surface area contributed by atoms with Crippen molar-refractivity contribution in [1.82, 2.24) is 0 Å². The number of para-hydroxylation sites is 1. The van der Waals surface area contributed by atoms with Crippen LogP contribution in [0, 0.1) is 0 Å². The molecule has 0 saturated carbocycles. The Kier molecular flexibility index (Phi) is 6.84. The van der Waals surface area contributed by atoms with Gasteiger partial charge in [-0.05, 0) is 36.2 Å². The van der Waals surface area contributed by atoms with Gasteiger partial charge in [0.15, 0.2) is 0 Å². The second-order valence-corrected chi connectivity index (χ2v) is 7.56. The Hall–Kier alpha value is -2.05. The molecule has 2 aromatic rings. The van der Waals surface area contributed by atoms with Gasteiger partial charge in [0.1, 0.15) is 0 Å². The maximum absolute atomic E-state index is 13.1. The third-order valence-corrected chi connectivity index (χ3v) is 5.72. The van der Waals surface area contributed by atoms with Gasteiger partial charge in [-0.2, -0.15) is 0 Å². The summed E-state index contributed by atoms with van der Waals surface area (Å²) in [5.41, 5.74) is 1.46. The number of esters is 1. The Balaban J connectivity index is 2.35. The van der Waals surface area contributed by atoms with Crippen molar-refractivity contribution in [2.45, 2.75) is 17.7 Å². The van der Waals surface area contributed by atoms with Gasteiger partial charge < -0.3 is 4.74 Å². The van der Waals surface area contributed by atoms with Crippen molar-refractivity contribution in [1.29, 1.82) is 0 Å². The number of nitrogens with zero attached hydrogens (tertiary/aromatic N) is 1. The van der Waals surface area contributed by atoms with E-state index in [0.29, 0.717) is 18.0 Å². The van der Waals surface area contributed by atoms with Crippen LogP contribution in [0.1, 0.15) is 12.0 Å². The minimum absolute atomic E-state index is 0.00243. The Labute approximate surface area is 153 Å². The molecule has 0 heterocycles. The average Bonchev–Trinajstić information content (AvgIpc) is 2.63. The second-order valence-electron chi connectivity index (χ2n) is 5.32. The van der Waals surface area contributed by atoms with Gasteiger partial charge in [0.05, 0.1) is 24.1 Å². The van der Waals surface area contributed by atoms with E-state index in [0.717, 1.165) is 5.56 Å². The number of carbonyl (C=O) groups excluding carboxylic acids is 1. The first-order valence-corrected chi connectivity index (χ1v) is 9.76. The molecule has 2 aromatic carbocycles. The van der Waals surface area contributed by atoms with Gasteiger partial charge in [0, 0.05) is 12.4 Å². The predicted octanol–water partition coefficient (Wildman–Crippen LogP) is 3.23. The van der Waals surface area contributed by atoms with Gasteiger partial charge in [0.25, 0.3) is 10.0 Å². The van der Waals surface area contributed by atoms with E-state index in [9.17, 15) is 13.2 Å². The molecule has 0 amide bonds. The summed E-state index contributed by atoms with van der Waals surface area (Å²) in [6.07, 6.45) is 0.640. The highest BCUT2D eigenvalue weighted by Crippen LogP contribution is 2.24. The molecule has 5 nitrogen and oxygen atoms in total. The molecule has 0 fully saturated rings. The molecule has 0 bridgehead atoms. The minimum Gasteiger partial charge on any atom is -0.469 e. The van der Waals surface area contributed by atoms with Crippen LogP contribution >= 0.6 is 11.6 Å². The van der Waals surface area contributed by atoms with E-state index < -0.39 is 16.0 Å². The third-order valence-electron chi connectivity index (χ3n) is 3.69. The summed E-state index contributed by atoms with van der Waals surface area (Å²) in [5, 5.41) is 0. The number of anilines is 1. The topological polar surface area (TPSA) is 63.7 Å². The number of alkyl halides is 1. The van der Waals surface area contributed by atoms with Gasteiger partial charge in [-0.3, -0.25) is 9.10 Å². The van der Waals surface area contributed by atoms with E-state index in [-0.39, 0.29) is 17.9 Å². The summed E-state index contributed by atoms with van der Waals surface area (Å²) >= 11 is 5.71. The zero-order chi connectivity index (χ0) is 18.3. The molecule has 0 aromatic heterocycles. The van der Waals surface area contributed by atoms with Crippen LogP contribution in [0.2, 0.25) is 0 Å². The minimum atomic E-state index is -3.80. The fraction of sp³-hybridized carbons (Fsp3) is 0.278. The smallest absolute Gasteiger partial charge is 0.307 e. The Morgan fingerprint density at radius 1 is 1.08 bits per heavy atom. The lowest BCUT2D eigenvalue weighted by atomic mass is 10.2. The first-order valence-electron chi connectivity index (χ1n) is 7.78. The van der Waals surface area contributed by atoms with Gasteiger partial charge in [-0.15, -0.1) is 11.6 Å². The second kappa shape index (κ2) is 8.87. The summed E-state index contributed by atoms with van der Waals surface area (Å²) < 4.78 is 31.9. The summed E-state index contributed by atoms with van der Waals surface area (Å²) in [5.74, 6) is 0.00931. The van der Waals surface area contributed by atoms with Crippen molar-refractivity contribution in [3.63, 3.8) is 0 Å². The van der Waals surface area contributed by atoms with Crippen LogP contribution in [-0.4, -0.2) is 33.9 Å². The van der Waals surface area contributed by atoms with Crippen LogP contribution in [0.4, 0.5) is 5.69 Å². The van der Waals surface area contributed by atoms with Crippen LogP contribution in [0.5, 0.6) is 0 Å². The van der Waals surface area contributed by atoms with E-state index in [4.69, 9.17) is 11.6 Å². The molecule has 0 radical (unpaired) electrons. The average molecular weight is 382 g/mol. The first kappa shape index (κ1) is 19.3. The zero-order valence-corrected chi connectivity index (χ0v) is 15.5. The largest absolute Gasteiger partial charge is 0.469 e. The lowest BCUT2D eigenvalue weighted by Gasteiger charge is -2.24. The van der Waals surface area contributed by atoms with Crippen molar-refractivity contribution in [3.8, 4) is 0 Å². The molecule has 0 saturated heterocycles. The quantitative estimate of drug-likeness (QED) is 0.520. The van der Waals surface area contributed by atoms with Crippen LogP contribution in [0.15, 0.2) is 59.5 Å². The number of ether oxygens (including phenoxy) is 1. The Bertz CT molecular complexity index is 792. The van der Waals surface area contributed by atoms with E-state index in [2.05, 4.69) is 4.74 Å². The van der Waals surface area contributed by atoms with Crippen molar-refractivity contribution in [2.24, 2.45) is 0 Å². The van der Waals surface area contributed by atoms with Crippen molar-refractivity contribution in [2.75, 3.05) is 23.8 Å². The number of aryl methyl sites for hydroxylation is 1. The SMILES string of the molecule is COC(=O)CCN(c1ccccc1)S(=O)(=O)c1ccc(CCCl)cc1. The van der Waals surface area contributed by atoms with Gasteiger partial charge in [-0.25, -0.2) is 8.42 Å². The number of rotatable bonds is 8. The molecule has 7 heteroatoms. The molecule has 0 spiro atoms.